The van der Waals surface area contributed by atoms with Gasteiger partial charge in [-0.3, -0.25) is 19.2 Å². The van der Waals surface area contributed by atoms with Crippen LogP contribution in [-0.2, 0) is 29.2 Å². The van der Waals surface area contributed by atoms with Crippen molar-refractivity contribution in [3.05, 3.63) is 41.7 Å². The summed E-state index contributed by atoms with van der Waals surface area (Å²) in [6.45, 7) is 4.87. The van der Waals surface area contributed by atoms with Crippen LogP contribution in [0.2, 0.25) is 0 Å². The second kappa shape index (κ2) is 10.1. The molecule has 0 aliphatic carbocycles. The Morgan fingerprint density at radius 3 is 2.87 bits per heavy atom. The standard InChI is InChI=1S/C21H29N5O4/c1-4-26-13-15(12-24-26)11-23-20(27)10-18-21(28)22-7-8-25(18)14-16-5-6-17(29-2)9-19(16)30-3/h5-6,9,12-13,18H,4,7-8,10-11,14H2,1-3H3,(H,22,28)(H,23,27). The Labute approximate surface area is 176 Å². The molecule has 1 aromatic carbocycles. The second-order valence-corrected chi connectivity index (χ2v) is 7.14. The fraction of sp³-hybridized carbons (Fsp3) is 0.476. The first kappa shape index (κ1) is 21.6. The molecule has 9 nitrogen and oxygen atoms in total. The van der Waals surface area contributed by atoms with E-state index in [9.17, 15) is 9.59 Å². The molecule has 30 heavy (non-hydrogen) atoms. The summed E-state index contributed by atoms with van der Waals surface area (Å²) in [6, 6.07) is 5.06. The summed E-state index contributed by atoms with van der Waals surface area (Å²) in [5, 5.41) is 9.95. The highest BCUT2D eigenvalue weighted by Gasteiger charge is 2.32. The van der Waals surface area contributed by atoms with Crippen molar-refractivity contribution < 1.29 is 19.1 Å². The van der Waals surface area contributed by atoms with Crippen molar-refractivity contribution >= 4 is 11.8 Å². The van der Waals surface area contributed by atoms with Crippen molar-refractivity contribution in [2.75, 3.05) is 27.3 Å². The zero-order valence-corrected chi connectivity index (χ0v) is 17.7. The molecular formula is C21H29N5O4. The predicted molar refractivity (Wildman–Crippen MR) is 111 cm³/mol. The van der Waals surface area contributed by atoms with Gasteiger partial charge in [0.25, 0.3) is 0 Å². The first-order valence-corrected chi connectivity index (χ1v) is 10.0. The molecule has 1 saturated heterocycles. The lowest BCUT2D eigenvalue weighted by atomic mass is 10.1. The van der Waals surface area contributed by atoms with Gasteiger partial charge >= 0.3 is 0 Å². The molecule has 1 fully saturated rings. The monoisotopic (exact) mass is 415 g/mol. The fourth-order valence-corrected chi connectivity index (χ4v) is 3.49. The van der Waals surface area contributed by atoms with Crippen LogP contribution < -0.4 is 20.1 Å². The van der Waals surface area contributed by atoms with E-state index in [0.717, 1.165) is 17.7 Å². The SMILES string of the molecule is CCn1cc(CNC(=O)CC2C(=O)NCCN2Cc2ccc(OC)cc2OC)cn1. The Bertz CT molecular complexity index is 882. The number of amides is 2. The van der Waals surface area contributed by atoms with Gasteiger partial charge in [-0.05, 0) is 13.0 Å². The lowest BCUT2D eigenvalue weighted by Gasteiger charge is -2.35. The van der Waals surface area contributed by atoms with Crippen LogP contribution in [0.25, 0.3) is 0 Å². The zero-order valence-electron chi connectivity index (χ0n) is 17.7. The number of benzene rings is 1. The van der Waals surface area contributed by atoms with Crippen LogP contribution >= 0.6 is 0 Å². The molecule has 0 bridgehead atoms. The quantitative estimate of drug-likeness (QED) is 0.632. The van der Waals surface area contributed by atoms with Crippen LogP contribution in [0.15, 0.2) is 30.6 Å². The molecule has 9 heteroatoms. The molecule has 0 spiro atoms. The van der Waals surface area contributed by atoms with Crippen LogP contribution in [0, 0.1) is 0 Å². The highest BCUT2D eigenvalue weighted by atomic mass is 16.5. The van der Waals surface area contributed by atoms with E-state index in [-0.39, 0.29) is 18.2 Å². The number of piperazine rings is 1. The molecule has 2 aromatic rings. The molecule has 2 amide bonds. The molecule has 0 radical (unpaired) electrons. The maximum atomic E-state index is 12.5. The van der Waals surface area contributed by atoms with Crippen molar-refractivity contribution in [3.63, 3.8) is 0 Å². The van der Waals surface area contributed by atoms with E-state index in [1.807, 2.05) is 36.2 Å². The van der Waals surface area contributed by atoms with Gasteiger partial charge < -0.3 is 20.1 Å². The van der Waals surface area contributed by atoms with Crippen LogP contribution in [0.5, 0.6) is 11.5 Å². The number of ether oxygens (including phenoxy) is 2. The molecule has 0 saturated carbocycles. The Hall–Kier alpha value is -3.07. The average molecular weight is 415 g/mol. The smallest absolute Gasteiger partial charge is 0.237 e. The number of nitrogens with one attached hydrogen (secondary N) is 2. The summed E-state index contributed by atoms with van der Waals surface area (Å²) in [6.07, 6.45) is 3.72. The van der Waals surface area contributed by atoms with Gasteiger partial charge in [-0.25, -0.2) is 0 Å². The Kier molecular flexibility index (Phi) is 7.29. The van der Waals surface area contributed by atoms with E-state index in [0.29, 0.717) is 37.7 Å². The third-order valence-electron chi connectivity index (χ3n) is 5.19. The number of carbonyl (C=O) groups is 2. The minimum atomic E-state index is -0.538. The van der Waals surface area contributed by atoms with E-state index in [4.69, 9.17) is 9.47 Å². The average Bonchev–Trinajstić information content (AvgIpc) is 3.23. The van der Waals surface area contributed by atoms with Crippen molar-refractivity contribution in [1.82, 2.24) is 25.3 Å². The molecule has 2 N–H and O–H groups in total. The van der Waals surface area contributed by atoms with E-state index >= 15 is 0 Å². The molecule has 1 aliphatic rings. The van der Waals surface area contributed by atoms with Crippen LogP contribution in [-0.4, -0.2) is 59.8 Å². The van der Waals surface area contributed by atoms with E-state index in [1.165, 1.54) is 0 Å². The normalized spacial score (nSPS) is 16.8. The molecule has 1 aromatic heterocycles. The number of rotatable bonds is 9. The van der Waals surface area contributed by atoms with Gasteiger partial charge in [0, 0.05) is 56.1 Å². The van der Waals surface area contributed by atoms with Gasteiger partial charge in [-0.1, -0.05) is 6.07 Å². The number of hydrogen-bond donors (Lipinski definition) is 2. The van der Waals surface area contributed by atoms with Gasteiger partial charge in [0.15, 0.2) is 0 Å². The maximum Gasteiger partial charge on any atom is 0.237 e. The first-order chi connectivity index (χ1) is 14.5. The Morgan fingerprint density at radius 1 is 1.33 bits per heavy atom. The molecular weight excluding hydrogens is 386 g/mol. The molecule has 3 rings (SSSR count). The second-order valence-electron chi connectivity index (χ2n) is 7.14. The summed E-state index contributed by atoms with van der Waals surface area (Å²) >= 11 is 0. The number of aryl methyl sites for hydroxylation is 1. The third kappa shape index (κ3) is 5.29. The van der Waals surface area contributed by atoms with Crippen molar-refractivity contribution in [1.29, 1.82) is 0 Å². The van der Waals surface area contributed by atoms with Gasteiger partial charge in [0.05, 0.1) is 32.9 Å². The van der Waals surface area contributed by atoms with Crippen molar-refractivity contribution in [2.24, 2.45) is 0 Å². The minimum absolute atomic E-state index is 0.0895. The number of carbonyl (C=O) groups excluding carboxylic acids is 2. The lowest BCUT2D eigenvalue weighted by molar-refractivity contribution is -0.134. The summed E-state index contributed by atoms with van der Waals surface area (Å²) < 4.78 is 12.5. The van der Waals surface area contributed by atoms with Gasteiger partial charge in [-0.2, -0.15) is 5.10 Å². The lowest BCUT2D eigenvalue weighted by Crippen LogP contribution is -2.56. The summed E-state index contributed by atoms with van der Waals surface area (Å²) in [5.74, 6) is 1.08. The van der Waals surface area contributed by atoms with Crippen molar-refractivity contribution in [2.45, 2.75) is 39.0 Å². The Morgan fingerprint density at radius 2 is 2.17 bits per heavy atom. The van der Waals surface area contributed by atoms with E-state index in [2.05, 4.69) is 15.7 Å². The Balaban J connectivity index is 1.64. The minimum Gasteiger partial charge on any atom is -0.497 e. The summed E-state index contributed by atoms with van der Waals surface area (Å²) in [5.41, 5.74) is 1.86. The molecule has 1 aliphatic heterocycles. The van der Waals surface area contributed by atoms with Gasteiger partial charge in [0.2, 0.25) is 11.8 Å². The van der Waals surface area contributed by atoms with E-state index < -0.39 is 6.04 Å². The third-order valence-corrected chi connectivity index (χ3v) is 5.19. The van der Waals surface area contributed by atoms with Gasteiger partial charge in [-0.15, -0.1) is 0 Å². The van der Waals surface area contributed by atoms with Crippen molar-refractivity contribution in [3.8, 4) is 11.5 Å². The number of aromatic nitrogens is 2. The van der Waals surface area contributed by atoms with Crippen LogP contribution in [0.3, 0.4) is 0 Å². The molecule has 2 heterocycles. The highest BCUT2D eigenvalue weighted by molar-refractivity contribution is 5.88. The topological polar surface area (TPSA) is 97.7 Å². The first-order valence-electron chi connectivity index (χ1n) is 10.0. The van der Waals surface area contributed by atoms with E-state index in [1.54, 1.807) is 25.1 Å². The maximum absolute atomic E-state index is 12.5. The summed E-state index contributed by atoms with van der Waals surface area (Å²) in [7, 11) is 3.21. The largest absolute Gasteiger partial charge is 0.497 e. The zero-order chi connectivity index (χ0) is 21.5. The molecule has 1 unspecified atom stereocenters. The fourth-order valence-electron chi connectivity index (χ4n) is 3.49. The highest BCUT2D eigenvalue weighted by Crippen LogP contribution is 2.27. The van der Waals surface area contributed by atoms with Crippen LogP contribution in [0.1, 0.15) is 24.5 Å². The number of nitrogens with zero attached hydrogens (tertiary/aromatic N) is 3. The molecule has 1 atom stereocenters. The van der Waals surface area contributed by atoms with Crippen LogP contribution in [0.4, 0.5) is 0 Å². The molecule has 162 valence electrons. The predicted octanol–water partition coefficient (Wildman–Crippen LogP) is 0.927. The number of methoxy groups -OCH3 is 2. The number of hydrogen-bond acceptors (Lipinski definition) is 6. The van der Waals surface area contributed by atoms with Gasteiger partial charge in [0.1, 0.15) is 11.5 Å². The summed E-state index contributed by atoms with van der Waals surface area (Å²) in [4.78, 5) is 27.0.